The maximum atomic E-state index is 11.4. The van der Waals surface area contributed by atoms with Crippen LogP contribution in [0.25, 0.3) is 16.2 Å². The van der Waals surface area contributed by atoms with Crippen LogP contribution in [-0.4, -0.2) is 11.9 Å². The number of rotatable bonds is 1. The molecule has 0 spiro atoms. The molecule has 17 heavy (non-hydrogen) atoms. The second kappa shape index (κ2) is 3.82. The van der Waals surface area contributed by atoms with Crippen LogP contribution in [0.3, 0.4) is 0 Å². The molecule has 84 valence electrons. The summed E-state index contributed by atoms with van der Waals surface area (Å²) < 4.78 is 6.07. The maximum absolute atomic E-state index is 11.4. The molecule has 0 saturated carbocycles. The molecule has 1 aromatic heterocycles. The molecule has 0 radical (unpaired) electrons. The first kappa shape index (κ1) is 10.2. The van der Waals surface area contributed by atoms with Gasteiger partial charge in [-0.25, -0.2) is 9.79 Å². The van der Waals surface area contributed by atoms with Gasteiger partial charge in [-0.3, -0.25) is 0 Å². The van der Waals surface area contributed by atoms with Gasteiger partial charge in [0.15, 0.2) is 11.6 Å². The Morgan fingerprint density at radius 1 is 1.35 bits per heavy atom. The van der Waals surface area contributed by atoms with Crippen molar-refractivity contribution in [2.45, 2.75) is 6.92 Å². The quantitative estimate of drug-likeness (QED) is 0.569. The fourth-order valence-electron chi connectivity index (χ4n) is 1.72. The van der Waals surface area contributed by atoms with Crippen molar-refractivity contribution in [3.05, 3.63) is 40.9 Å². The van der Waals surface area contributed by atoms with Crippen molar-refractivity contribution in [2.75, 3.05) is 0 Å². The van der Waals surface area contributed by atoms with E-state index in [2.05, 4.69) is 17.1 Å². The number of nitrogens with zero attached hydrogens (tertiary/aromatic N) is 1. The smallest absolute Gasteiger partial charge is 0.363 e. The highest BCUT2D eigenvalue weighted by Gasteiger charge is 2.19. The Morgan fingerprint density at radius 2 is 2.18 bits per heavy atom. The zero-order chi connectivity index (χ0) is 11.8. The maximum Gasteiger partial charge on any atom is 0.363 e. The number of hydrogen-bond donors (Lipinski definition) is 0. The van der Waals surface area contributed by atoms with E-state index < -0.39 is 0 Å². The van der Waals surface area contributed by atoms with Crippen LogP contribution in [0.2, 0.25) is 0 Å². The van der Waals surface area contributed by atoms with Crippen molar-refractivity contribution < 1.29 is 9.53 Å². The molecule has 0 atom stereocenters. The number of cyclic esters (lactones) is 1. The SMILES string of the molecule is CC1=N/C(=C\c2cc3ccccc3s2)C(=O)O1. The normalized spacial score (nSPS) is 17.6. The van der Waals surface area contributed by atoms with E-state index in [1.807, 2.05) is 18.2 Å². The molecular weight excluding hydrogens is 234 g/mol. The van der Waals surface area contributed by atoms with E-state index in [4.69, 9.17) is 4.74 Å². The molecule has 0 fully saturated rings. The van der Waals surface area contributed by atoms with Crippen LogP contribution >= 0.6 is 11.3 Å². The summed E-state index contributed by atoms with van der Waals surface area (Å²) in [6.45, 7) is 1.67. The van der Waals surface area contributed by atoms with Crippen molar-refractivity contribution in [2.24, 2.45) is 4.99 Å². The number of thiophene rings is 1. The summed E-state index contributed by atoms with van der Waals surface area (Å²) in [4.78, 5) is 16.5. The third-order valence-corrected chi connectivity index (χ3v) is 3.51. The van der Waals surface area contributed by atoms with Crippen LogP contribution in [0.4, 0.5) is 0 Å². The van der Waals surface area contributed by atoms with Gasteiger partial charge in [0.2, 0.25) is 0 Å². The van der Waals surface area contributed by atoms with E-state index >= 15 is 0 Å². The zero-order valence-corrected chi connectivity index (χ0v) is 9.95. The predicted octanol–water partition coefficient (Wildman–Crippen LogP) is 3.22. The van der Waals surface area contributed by atoms with Crippen LogP contribution in [0.15, 0.2) is 41.0 Å². The number of carbonyl (C=O) groups excluding carboxylic acids is 1. The van der Waals surface area contributed by atoms with E-state index in [1.165, 1.54) is 10.1 Å². The largest absolute Gasteiger partial charge is 0.407 e. The van der Waals surface area contributed by atoms with Crippen molar-refractivity contribution in [3.8, 4) is 0 Å². The number of fused-ring (bicyclic) bond motifs is 1. The first-order chi connectivity index (χ1) is 8.22. The van der Waals surface area contributed by atoms with Gasteiger partial charge in [0.05, 0.1) is 0 Å². The van der Waals surface area contributed by atoms with Gasteiger partial charge in [0.25, 0.3) is 0 Å². The molecule has 0 saturated heterocycles. The van der Waals surface area contributed by atoms with E-state index in [-0.39, 0.29) is 5.97 Å². The van der Waals surface area contributed by atoms with Gasteiger partial charge >= 0.3 is 5.97 Å². The average molecular weight is 243 g/mol. The van der Waals surface area contributed by atoms with Crippen molar-refractivity contribution in [3.63, 3.8) is 0 Å². The van der Waals surface area contributed by atoms with Crippen molar-refractivity contribution in [1.29, 1.82) is 0 Å². The van der Waals surface area contributed by atoms with Gasteiger partial charge in [-0.05, 0) is 23.6 Å². The van der Waals surface area contributed by atoms with E-state index in [0.717, 1.165) is 4.88 Å². The minimum Gasteiger partial charge on any atom is -0.407 e. The summed E-state index contributed by atoms with van der Waals surface area (Å²) in [5.41, 5.74) is 0.369. The van der Waals surface area contributed by atoms with E-state index in [0.29, 0.717) is 11.6 Å². The molecule has 3 nitrogen and oxygen atoms in total. The van der Waals surface area contributed by atoms with Crippen LogP contribution in [-0.2, 0) is 9.53 Å². The monoisotopic (exact) mass is 243 g/mol. The Balaban J connectivity index is 2.05. The minimum absolute atomic E-state index is 0.369. The summed E-state index contributed by atoms with van der Waals surface area (Å²) in [6.07, 6.45) is 1.77. The van der Waals surface area contributed by atoms with Gasteiger partial charge in [-0.1, -0.05) is 18.2 Å². The van der Waals surface area contributed by atoms with E-state index in [9.17, 15) is 4.79 Å². The highest BCUT2D eigenvalue weighted by molar-refractivity contribution is 7.19. The molecular formula is C13H9NO2S. The highest BCUT2D eigenvalue weighted by Crippen LogP contribution is 2.28. The van der Waals surface area contributed by atoms with Crippen molar-refractivity contribution >= 4 is 39.4 Å². The lowest BCUT2D eigenvalue weighted by molar-refractivity contribution is -0.130. The summed E-state index contributed by atoms with van der Waals surface area (Å²) in [6, 6.07) is 10.2. The van der Waals surface area contributed by atoms with Crippen LogP contribution < -0.4 is 0 Å². The van der Waals surface area contributed by atoms with Gasteiger partial charge in [-0.15, -0.1) is 11.3 Å². The lowest BCUT2D eigenvalue weighted by Crippen LogP contribution is -1.99. The number of hydrogen-bond acceptors (Lipinski definition) is 4. The molecule has 2 aromatic rings. The molecule has 2 heterocycles. The summed E-state index contributed by atoms with van der Waals surface area (Å²) in [5, 5.41) is 1.18. The fraction of sp³-hybridized carbons (Fsp3) is 0.0769. The first-order valence-electron chi connectivity index (χ1n) is 5.20. The van der Waals surface area contributed by atoms with Gasteiger partial charge in [-0.2, -0.15) is 0 Å². The number of carbonyl (C=O) groups is 1. The number of ether oxygens (including phenoxy) is 1. The Hall–Kier alpha value is -1.94. The molecule has 0 aliphatic carbocycles. The molecule has 3 rings (SSSR count). The van der Waals surface area contributed by atoms with Gasteiger partial charge < -0.3 is 4.74 Å². The lowest BCUT2D eigenvalue weighted by Gasteiger charge is -1.88. The standard InChI is InChI=1S/C13H9NO2S/c1-8-14-11(13(15)16-8)7-10-6-9-4-2-3-5-12(9)17-10/h2-7H,1H3/b11-7-. The van der Waals surface area contributed by atoms with E-state index in [1.54, 1.807) is 24.3 Å². The average Bonchev–Trinajstić information content (AvgIpc) is 2.82. The van der Waals surface area contributed by atoms with Gasteiger partial charge in [0.1, 0.15) is 0 Å². The fourth-order valence-corrected chi connectivity index (χ4v) is 2.73. The van der Waals surface area contributed by atoms with Crippen LogP contribution in [0, 0.1) is 0 Å². The molecule has 1 aliphatic heterocycles. The molecule has 0 N–H and O–H groups in total. The third kappa shape index (κ3) is 1.87. The van der Waals surface area contributed by atoms with Crippen LogP contribution in [0.5, 0.6) is 0 Å². The summed E-state index contributed by atoms with van der Waals surface area (Å²) in [5.74, 6) is 0.0299. The zero-order valence-electron chi connectivity index (χ0n) is 9.14. The summed E-state index contributed by atoms with van der Waals surface area (Å²) >= 11 is 1.63. The minimum atomic E-state index is -0.375. The molecule has 0 bridgehead atoms. The Labute approximate surface area is 102 Å². The van der Waals surface area contributed by atoms with Crippen molar-refractivity contribution in [1.82, 2.24) is 0 Å². The highest BCUT2D eigenvalue weighted by atomic mass is 32.1. The number of benzene rings is 1. The molecule has 0 amide bonds. The second-order valence-corrected chi connectivity index (χ2v) is 4.85. The topological polar surface area (TPSA) is 38.7 Å². The second-order valence-electron chi connectivity index (χ2n) is 3.74. The number of esters is 1. The molecule has 0 unspecified atom stereocenters. The Kier molecular flexibility index (Phi) is 2.30. The molecule has 1 aliphatic rings. The molecule has 4 heteroatoms. The Morgan fingerprint density at radius 3 is 2.88 bits per heavy atom. The lowest BCUT2D eigenvalue weighted by atomic mass is 10.2. The number of aliphatic imine (C=N–C) groups is 1. The van der Waals surface area contributed by atoms with Crippen LogP contribution in [0.1, 0.15) is 11.8 Å². The predicted molar refractivity (Wildman–Crippen MR) is 69.0 cm³/mol. The van der Waals surface area contributed by atoms with Gasteiger partial charge in [0, 0.05) is 16.5 Å². The third-order valence-electron chi connectivity index (χ3n) is 2.45. The Bertz CT molecular complexity index is 634. The summed E-state index contributed by atoms with van der Waals surface area (Å²) in [7, 11) is 0. The molecule has 1 aromatic carbocycles. The first-order valence-corrected chi connectivity index (χ1v) is 6.02.